The van der Waals surface area contributed by atoms with Gasteiger partial charge in [0.15, 0.2) is 0 Å². The summed E-state index contributed by atoms with van der Waals surface area (Å²) in [7, 11) is 0. The molecule has 1 saturated carbocycles. The Morgan fingerprint density at radius 1 is 1.20 bits per heavy atom. The van der Waals surface area contributed by atoms with E-state index in [1.54, 1.807) is 20.8 Å². The summed E-state index contributed by atoms with van der Waals surface area (Å²) in [6.45, 7) is 5.51. The number of piperidine rings is 1. The average molecular weight is 347 g/mol. The molecule has 4 atom stereocenters. The zero-order valence-corrected chi connectivity index (χ0v) is 14.8. The van der Waals surface area contributed by atoms with Crippen molar-refractivity contribution in [3.63, 3.8) is 0 Å². The first-order chi connectivity index (χ1) is 11.8. The second-order valence-corrected chi connectivity index (χ2v) is 7.78. The summed E-state index contributed by atoms with van der Waals surface area (Å²) in [4.78, 5) is 26.7. The molecule has 6 nitrogen and oxygen atoms in total. The number of carbonyl (C=O) groups excluding carboxylic acids is 2. The number of rotatable bonds is 3. The van der Waals surface area contributed by atoms with Gasteiger partial charge in [0.2, 0.25) is 0 Å². The normalized spacial score (nSPS) is 28.1. The lowest BCUT2D eigenvalue weighted by Crippen LogP contribution is -2.54. The summed E-state index contributed by atoms with van der Waals surface area (Å²) in [5, 5.41) is 10.2. The van der Waals surface area contributed by atoms with Gasteiger partial charge in [0.05, 0.1) is 6.10 Å². The summed E-state index contributed by atoms with van der Waals surface area (Å²) >= 11 is 0. The first-order valence-electron chi connectivity index (χ1n) is 8.66. The van der Waals surface area contributed by atoms with Crippen LogP contribution in [0.3, 0.4) is 0 Å². The molecule has 0 unspecified atom stereocenters. The Hall–Kier alpha value is -2.08. The fraction of sp³-hybridized carbons (Fsp3) is 0.579. The fourth-order valence-electron chi connectivity index (χ4n) is 3.70. The van der Waals surface area contributed by atoms with Gasteiger partial charge >= 0.3 is 12.1 Å². The number of benzene rings is 1. The van der Waals surface area contributed by atoms with Crippen LogP contribution in [0.2, 0.25) is 0 Å². The van der Waals surface area contributed by atoms with Crippen LogP contribution < -0.4 is 0 Å². The molecular formula is C19H25NO5. The summed E-state index contributed by atoms with van der Waals surface area (Å²) in [5.41, 5.74) is 0.235. The maximum atomic E-state index is 12.7. The van der Waals surface area contributed by atoms with Gasteiger partial charge in [0, 0.05) is 12.0 Å². The first-order valence-corrected chi connectivity index (χ1v) is 8.66. The Morgan fingerprint density at radius 2 is 1.88 bits per heavy atom. The van der Waals surface area contributed by atoms with E-state index in [-0.39, 0.29) is 18.6 Å². The van der Waals surface area contributed by atoms with E-state index in [1.165, 1.54) is 4.90 Å². The highest BCUT2D eigenvalue weighted by molar-refractivity contribution is 5.83. The van der Waals surface area contributed by atoms with Crippen molar-refractivity contribution in [3.8, 4) is 0 Å². The molecule has 25 heavy (non-hydrogen) atoms. The van der Waals surface area contributed by atoms with Gasteiger partial charge in [0.25, 0.3) is 0 Å². The lowest BCUT2D eigenvalue weighted by molar-refractivity contribution is -0.155. The van der Waals surface area contributed by atoms with Gasteiger partial charge in [-0.3, -0.25) is 4.90 Å². The predicted octanol–water partition coefficient (Wildman–Crippen LogP) is 2.49. The molecule has 1 aromatic carbocycles. The SMILES string of the molecule is CC(C)(C)OC(=O)N1[C@H]2C[C@H]([C@H](O)C2)[C@H]1C(=O)OCc1ccccc1. The lowest BCUT2D eigenvalue weighted by atomic mass is 9.96. The molecule has 2 aliphatic rings. The Bertz CT molecular complexity index is 639. The maximum Gasteiger partial charge on any atom is 0.411 e. The molecule has 136 valence electrons. The number of likely N-dealkylation sites (tertiary alicyclic amines) is 1. The molecule has 3 rings (SSSR count). The van der Waals surface area contributed by atoms with Crippen molar-refractivity contribution in [3.05, 3.63) is 35.9 Å². The molecule has 0 aromatic heterocycles. The van der Waals surface area contributed by atoms with Gasteiger partial charge in [-0.25, -0.2) is 9.59 Å². The number of hydrogen-bond acceptors (Lipinski definition) is 5. The number of carbonyl (C=O) groups is 2. The van der Waals surface area contributed by atoms with E-state index in [1.807, 2.05) is 30.3 Å². The Balaban J connectivity index is 1.72. The third kappa shape index (κ3) is 3.79. The van der Waals surface area contributed by atoms with E-state index in [9.17, 15) is 14.7 Å². The molecular weight excluding hydrogens is 322 g/mol. The Kier molecular flexibility index (Phi) is 4.73. The summed E-state index contributed by atoms with van der Waals surface area (Å²) in [6, 6.07) is 8.41. The number of aliphatic hydroxyl groups excluding tert-OH is 1. The van der Waals surface area contributed by atoms with Crippen LogP contribution in [0.15, 0.2) is 30.3 Å². The van der Waals surface area contributed by atoms with Gasteiger partial charge in [-0.05, 0) is 39.2 Å². The topological polar surface area (TPSA) is 76.1 Å². The number of esters is 1. The molecule has 1 saturated heterocycles. The minimum atomic E-state index is -0.785. The third-order valence-electron chi connectivity index (χ3n) is 4.72. The number of nitrogens with zero attached hydrogens (tertiary/aromatic N) is 1. The zero-order chi connectivity index (χ0) is 18.2. The van der Waals surface area contributed by atoms with Crippen LogP contribution in [0.1, 0.15) is 39.2 Å². The minimum absolute atomic E-state index is 0.145. The standard InChI is InChI=1S/C19H25NO5/c1-19(2,3)25-18(23)20-13-9-14(15(21)10-13)16(20)17(22)24-11-12-7-5-4-6-8-12/h4-8,13-16,21H,9-11H2,1-3H3/t13-,14+,15+,16-/m0/s1. The van der Waals surface area contributed by atoms with Crippen molar-refractivity contribution in [1.82, 2.24) is 4.90 Å². The number of amides is 1. The highest BCUT2D eigenvalue weighted by Crippen LogP contribution is 2.43. The molecule has 1 heterocycles. The number of ether oxygens (including phenoxy) is 2. The molecule has 2 bridgehead atoms. The molecule has 0 radical (unpaired) electrons. The van der Waals surface area contributed by atoms with E-state index >= 15 is 0 Å². The largest absolute Gasteiger partial charge is 0.459 e. The second kappa shape index (κ2) is 6.67. The van der Waals surface area contributed by atoms with Gasteiger partial charge in [-0.15, -0.1) is 0 Å². The predicted molar refractivity (Wildman–Crippen MR) is 90.6 cm³/mol. The minimum Gasteiger partial charge on any atom is -0.459 e. The fourth-order valence-corrected chi connectivity index (χ4v) is 3.70. The van der Waals surface area contributed by atoms with Crippen molar-refractivity contribution >= 4 is 12.1 Å². The quantitative estimate of drug-likeness (QED) is 0.850. The van der Waals surface area contributed by atoms with Crippen LogP contribution in [0.4, 0.5) is 4.79 Å². The maximum absolute atomic E-state index is 12.7. The lowest BCUT2D eigenvalue weighted by Gasteiger charge is -2.36. The molecule has 1 N–H and O–H groups in total. The molecule has 1 aliphatic carbocycles. The van der Waals surface area contributed by atoms with Crippen molar-refractivity contribution < 1.29 is 24.2 Å². The summed E-state index contributed by atoms with van der Waals surface area (Å²) < 4.78 is 10.9. The smallest absolute Gasteiger partial charge is 0.411 e. The van der Waals surface area contributed by atoms with Crippen molar-refractivity contribution in [2.45, 2.75) is 64.0 Å². The first kappa shape index (κ1) is 17.7. The molecule has 1 aliphatic heterocycles. The second-order valence-electron chi connectivity index (χ2n) is 7.78. The number of hydrogen-bond donors (Lipinski definition) is 1. The molecule has 0 spiro atoms. The van der Waals surface area contributed by atoms with Crippen LogP contribution >= 0.6 is 0 Å². The van der Waals surface area contributed by atoms with E-state index in [0.29, 0.717) is 12.8 Å². The van der Waals surface area contributed by atoms with E-state index in [4.69, 9.17) is 9.47 Å². The van der Waals surface area contributed by atoms with Crippen LogP contribution in [-0.4, -0.2) is 45.9 Å². The van der Waals surface area contributed by atoms with Crippen molar-refractivity contribution in [2.75, 3.05) is 0 Å². The molecule has 1 amide bonds. The van der Waals surface area contributed by atoms with E-state index < -0.39 is 29.8 Å². The van der Waals surface area contributed by atoms with Crippen LogP contribution in [0, 0.1) is 5.92 Å². The van der Waals surface area contributed by atoms with E-state index in [2.05, 4.69) is 0 Å². The highest BCUT2D eigenvalue weighted by atomic mass is 16.6. The highest BCUT2D eigenvalue weighted by Gasteiger charge is 2.57. The summed E-state index contributed by atoms with van der Waals surface area (Å²) in [5.74, 6) is -0.776. The average Bonchev–Trinajstić information content (AvgIpc) is 3.08. The van der Waals surface area contributed by atoms with Gasteiger partial charge in [0.1, 0.15) is 18.2 Å². The van der Waals surface area contributed by atoms with Crippen LogP contribution in [0.25, 0.3) is 0 Å². The third-order valence-corrected chi connectivity index (χ3v) is 4.72. The van der Waals surface area contributed by atoms with E-state index in [0.717, 1.165) is 5.56 Å². The molecule has 6 heteroatoms. The zero-order valence-electron chi connectivity index (χ0n) is 14.8. The summed E-state index contributed by atoms with van der Waals surface area (Å²) in [6.07, 6.45) is -0.0238. The van der Waals surface area contributed by atoms with Crippen molar-refractivity contribution in [2.24, 2.45) is 5.92 Å². The number of fused-ring (bicyclic) bond motifs is 2. The van der Waals surface area contributed by atoms with Crippen LogP contribution in [-0.2, 0) is 20.9 Å². The van der Waals surface area contributed by atoms with Gasteiger partial charge in [-0.1, -0.05) is 30.3 Å². The molecule has 1 aromatic rings. The van der Waals surface area contributed by atoms with Crippen molar-refractivity contribution in [1.29, 1.82) is 0 Å². The van der Waals surface area contributed by atoms with Gasteiger partial charge in [-0.2, -0.15) is 0 Å². The molecule has 2 fully saturated rings. The number of aliphatic hydroxyl groups is 1. The Morgan fingerprint density at radius 3 is 2.52 bits per heavy atom. The van der Waals surface area contributed by atoms with Crippen LogP contribution in [0.5, 0.6) is 0 Å². The monoisotopic (exact) mass is 347 g/mol. The Labute approximate surface area is 147 Å². The van der Waals surface area contributed by atoms with Gasteiger partial charge < -0.3 is 14.6 Å².